The van der Waals surface area contributed by atoms with Crippen LogP contribution in [0.1, 0.15) is 32.1 Å². The molecule has 1 saturated heterocycles. The molecule has 2 fully saturated rings. The first-order chi connectivity index (χ1) is 8.78. The number of nitrogens with zero attached hydrogens (tertiary/aromatic N) is 1. The lowest BCUT2D eigenvalue weighted by molar-refractivity contribution is -0.00909. The van der Waals surface area contributed by atoms with Crippen LogP contribution < -0.4 is 16.6 Å². The number of rotatable bonds is 4. The molecule has 0 amide bonds. The third-order valence-electron chi connectivity index (χ3n) is 3.86. The van der Waals surface area contributed by atoms with Gasteiger partial charge in [0.15, 0.2) is 0 Å². The third-order valence-corrected chi connectivity index (χ3v) is 3.86. The average molecular weight is 256 g/mol. The fourth-order valence-electron chi connectivity index (χ4n) is 2.56. The van der Waals surface area contributed by atoms with E-state index in [-0.39, 0.29) is 5.60 Å². The van der Waals surface area contributed by atoms with Gasteiger partial charge < -0.3 is 14.8 Å². The fourth-order valence-corrected chi connectivity index (χ4v) is 2.56. The zero-order valence-electron chi connectivity index (χ0n) is 11.1. The maximum absolute atomic E-state index is 5.54. The summed E-state index contributed by atoms with van der Waals surface area (Å²) >= 11 is 0. The van der Waals surface area contributed by atoms with Gasteiger partial charge in [-0.15, -0.1) is 0 Å². The molecule has 1 aliphatic carbocycles. The largest absolute Gasteiger partial charge is 0.378 e. The van der Waals surface area contributed by atoms with Crippen LogP contribution in [0.4, 0.5) is 0 Å². The Morgan fingerprint density at radius 3 is 2.83 bits per heavy atom. The molecule has 1 saturated carbocycles. The van der Waals surface area contributed by atoms with E-state index >= 15 is 0 Å². The number of aliphatic imine (C=N–C) groups is 1. The highest BCUT2D eigenvalue weighted by Crippen LogP contribution is 2.23. The maximum atomic E-state index is 5.54. The summed E-state index contributed by atoms with van der Waals surface area (Å²) in [5.41, 5.74) is 2.36. The van der Waals surface area contributed by atoms with Crippen molar-refractivity contribution in [1.82, 2.24) is 10.7 Å². The minimum Gasteiger partial charge on any atom is -0.378 e. The first-order valence-electron chi connectivity index (χ1n) is 6.68. The number of guanidine groups is 1. The van der Waals surface area contributed by atoms with Gasteiger partial charge in [0.1, 0.15) is 5.60 Å². The highest BCUT2D eigenvalue weighted by Gasteiger charge is 2.34. The minimum atomic E-state index is -0.278. The molecule has 1 atom stereocenters. The van der Waals surface area contributed by atoms with Crippen LogP contribution in [0.3, 0.4) is 0 Å². The summed E-state index contributed by atoms with van der Waals surface area (Å²) in [6.07, 6.45) is 5.84. The van der Waals surface area contributed by atoms with Crippen molar-refractivity contribution in [2.45, 2.75) is 43.7 Å². The van der Waals surface area contributed by atoms with Crippen LogP contribution in [0, 0.1) is 0 Å². The van der Waals surface area contributed by atoms with Gasteiger partial charge in [0.25, 0.3) is 0 Å². The van der Waals surface area contributed by atoms with Gasteiger partial charge in [-0.25, -0.2) is 10.8 Å². The summed E-state index contributed by atoms with van der Waals surface area (Å²) in [6.45, 7) is 1.92. The lowest BCUT2D eigenvalue weighted by atomic mass is 10.0. The topological polar surface area (TPSA) is 80.9 Å². The predicted octanol–water partition coefficient (Wildman–Crippen LogP) is 0.143. The molecule has 4 N–H and O–H groups in total. The molecule has 6 heteroatoms. The van der Waals surface area contributed by atoms with Crippen LogP contribution in [0.25, 0.3) is 0 Å². The Balaban J connectivity index is 1.87. The lowest BCUT2D eigenvalue weighted by Crippen LogP contribution is -2.47. The average Bonchev–Trinajstić information content (AvgIpc) is 3.06. The number of nitrogens with two attached hydrogens (primary N) is 1. The summed E-state index contributed by atoms with van der Waals surface area (Å²) < 4.78 is 10.9. The molecule has 1 heterocycles. The summed E-state index contributed by atoms with van der Waals surface area (Å²) in [6, 6.07) is 0.498. The number of methoxy groups -OCH3 is 1. The lowest BCUT2D eigenvalue weighted by Gasteiger charge is -2.24. The Hall–Kier alpha value is -0.850. The standard InChI is InChI=1S/C12H24N4O2/c1-17-12(6-7-18-9-12)8-14-11(16-13)15-10-4-2-3-5-10/h10H,2-9,13H2,1H3,(H2,14,15,16). The Morgan fingerprint density at radius 2 is 2.28 bits per heavy atom. The SMILES string of the molecule is COC1(CN=C(NN)NC2CCCC2)CCOC1. The molecule has 1 aliphatic heterocycles. The molecule has 0 radical (unpaired) electrons. The van der Waals surface area contributed by atoms with Gasteiger partial charge in [-0.05, 0) is 12.8 Å². The zero-order chi connectivity index (χ0) is 12.8. The maximum Gasteiger partial charge on any atom is 0.206 e. The second kappa shape index (κ2) is 6.36. The molecule has 2 aliphatic rings. The van der Waals surface area contributed by atoms with Crippen LogP contribution in [0.5, 0.6) is 0 Å². The van der Waals surface area contributed by atoms with E-state index in [0.29, 0.717) is 25.2 Å². The summed E-state index contributed by atoms with van der Waals surface area (Å²) in [4.78, 5) is 4.50. The summed E-state index contributed by atoms with van der Waals surface area (Å²) in [5.74, 6) is 6.16. The Labute approximate surface area is 108 Å². The molecule has 0 aromatic rings. The smallest absolute Gasteiger partial charge is 0.206 e. The second-order valence-electron chi connectivity index (χ2n) is 5.12. The van der Waals surface area contributed by atoms with Crippen molar-refractivity contribution in [2.75, 3.05) is 26.9 Å². The van der Waals surface area contributed by atoms with Crippen molar-refractivity contribution in [2.24, 2.45) is 10.8 Å². The van der Waals surface area contributed by atoms with E-state index in [9.17, 15) is 0 Å². The molecule has 104 valence electrons. The summed E-state index contributed by atoms with van der Waals surface area (Å²) in [7, 11) is 1.71. The van der Waals surface area contributed by atoms with E-state index in [4.69, 9.17) is 15.3 Å². The summed E-state index contributed by atoms with van der Waals surface area (Å²) in [5, 5.41) is 3.35. The van der Waals surface area contributed by atoms with Crippen molar-refractivity contribution < 1.29 is 9.47 Å². The number of hydrogen-bond acceptors (Lipinski definition) is 4. The number of nitrogens with one attached hydrogen (secondary N) is 2. The molecular weight excluding hydrogens is 232 g/mol. The first-order valence-corrected chi connectivity index (χ1v) is 6.68. The normalized spacial score (nSPS) is 29.8. The first kappa shape index (κ1) is 13.6. The van der Waals surface area contributed by atoms with Crippen LogP contribution in [0.2, 0.25) is 0 Å². The van der Waals surface area contributed by atoms with Gasteiger partial charge in [-0.2, -0.15) is 0 Å². The van der Waals surface area contributed by atoms with Gasteiger partial charge in [-0.1, -0.05) is 12.8 Å². The van der Waals surface area contributed by atoms with Crippen molar-refractivity contribution in [1.29, 1.82) is 0 Å². The van der Waals surface area contributed by atoms with Crippen LogP contribution in [-0.4, -0.2) is 44.5 Å². The van der Waals surface area contributed by atoms with Crippen molar-refractivity contribution in [3.63, 3.8) is 0 Å². The number of hydrazine groups is 1. The van der Waals surface area contributed by atoms with E-state index in [1.54, 1.807) is 7.11 Å². The van der Waals surface area contributed by atoms with Gasteiger partial charge in [0.05, 0.1) is 13.2 Å². The Morgan fingerprint density at radius 1 is 1.50 bits per heavy atom. The molecule has 1 unspecified atom stereocenters. The van der Waals surface area contributed by atoms with Crippen molar-refractivity contribution in [3.05, 3.63) is 0 Å². The fraction of sp³-hybridized carbons (Fsp3) is 0.917. The third kappa shape index (κ3) is 3.34. The van der Waals surface area contributed by atoms with Crippen LogP contribution >= 0.6 is 0 Å². The monoisotopic (exact) mass is 256 g/mol. The molecular formula is C12H24N4O2. The van der Waals surface area contributed by atoms with Gasteiger partial charge in [0, 0.05) is 26.2 Å². The van der Waals surface area contributed by atoms with E-state index in [0.717, 1.165) is 13.0 Å². The number of ether oxygens (including phenoxy) is 2. The van der Waals surface area contributed by atoms with Crippen LogP contribution in [-0.2, 0) is 9.47 Å². The van der Waals surface area contributed by atoms with E-state index < -0.39 is 0 Å². The molecule has 0 spiro atoms. The van der Waals surface area contributed by atoms with Gasteiger partial charge in [0.2, 0.25) is 5.96 Å². The predicted molar refractivity (Wildman–Crippen MR) is 70.2 cm³/mol. The van der Waals surface area contributed by atoms with Gasteiger partial charge >= 0.3 is 0 Å². The highest BCUT2D eigenvalue weighted by atomic mass is 16.5. The minimum absolute atomic E-state index is 0.278. The van der Waals surface area contributed by atoms with Crippen molar-refractivity contribution >= 4 is 5.96 Å². The molecule has 0 aromatic heterocycles. The number of hydrogen-bond donors (Lipinski definition) is 3. The van der Waals surface area contributed by atoms with E-state index in [1.807, 2.05) is 0 Å². The molecule has 6 nitrogen and oxygen atoms in total. The van der Waals surface area contributed by atoms with Crippen LogP contribution in [0.15, 0.2) is 4.99 Å². The molecule has 2 rings (SSSR count). The highest BCUT2D eigenvalue weighted by molar-refractivity contribution is 5.79. The Bertz CT molecular complexity index is 284. The molecule has 18 heavy (non-hydrogen) atoms. The van der Waals surface area contributed by atoms with E-state index in [1.165, 1.54) is 25.7 Å². The second-order valence-corrected chi connectivity index (χ2v) is 5.12. The molecule has 0 bridgehead atoms. The van der Waals surface area contributed by atoms with E-state index in [2.05, 4.69) is 15.7 Å². The quantitative estimate of drug-likeness (QED) is 0.289. The Kier molecular flexibility index (Phi) is 4.79. The zero-order valence-corrected chi connectivity index (χ0v) is 11.1. The van der Waals surface area contributed by atoms with Crippen molar-refractivity contribution in [3.8, 4) is 0 Å². The van der Waals surface area contributed by atoms with Gasteiger partial charge in [-0.3, -0.25) is 5.43 Å². The molecule has 0 aromatic carbocycles.